The van der Waals surface area contributed by atoms with E-state index in [0.29, 0.717) is 26.3 Å². The van der Waals surface area contributed by atoms with Gasteiger partial charge in [0.1, 0.15) is 13.2 Å². The number of hydrogen-bond donors (Lipinski definition) is 0. The maximum absolute atomic E-state index is 13.2. The van der Waals surface area contributed by atoms with Crippen molar-refractivity contribution < 1.29 is 19.1 Å². The second-order valence-corrected chi connectivity index (χ2v) is 7.48. The van der Waals surface area contributed by atoms with Gasteiger partial charge in [0.05, 0.1) is 12.5 Å². The third kappa shape index (κ3) is 4.03. The van der Waals surface area contributed by atoms with Gasteiger partial charge in [0, 0.05) is 26.2 Å². The van der Waals surface area contributed by atoms with Gasteiger partial charge in [-0.2, -0.15) is 0 Å². The Hall–Kier alpha value is -3.28. The van der Waals surface area contributed by atoms with Crippen molar-refractivity contribution in [1.82, 2.24) is 9.80 Å². The smallest absolute Gasteiger partial charge is 0.225 e. The van der Waals surface area contributed by atoms with Crippen molar-refractivity contribution in [1.29, 1.82) is 0 Å². The number of amides is 2. The minimum atomic E-state index is -0.300. The minimum absolute atomic E-state index is 0.00809. The first-order valence-electron chi connectivity index (χ1n) is 10.3. The fourth-order valence-electron chi connectivity index (χ4n) is 3.99. The van der Waals surface area contributed by atoms with E-state index in [1.54, 1.807) is 11.1 Å². The Balaban J connectivity index is 1.52. The van der Waals surface area contributed by atoms with Crippen molar-refractivity contribution >= 4 is 17.9 Å². The summed E-state index contributed by atoms with van der Waals surface area (Å²) in [7, 11) is 0. The van der Waals surface area contributed by atoms with E-state index in [2.05, 4.69) is 0 Å². The second-order valence-electron chi connectivity index (χ2n) is 7.48. The average molecular weight is 406 g/mol. The fourth-order valence-corrected chi connectivity index (χ4v) is 3.99. The molecule has 0 saturated heterocycles. The lowest BCUT2D eigenvalue weighted by molar-refractivity contribution is -0.135. The van der Waals surface area contributed by atoms with Crippen molar-refractivity contribution in [3.63, 3.8) is 0 Å². The molecule has 30 heavy (non-hydrogen) atoms. The number of carbonyl (C=O) groups is 2. The summed E-state index contributed by atoms with van der Waals surface area (Å²) in [6.07, 6.45) is 3.93. The Bertz CT molecular complexity index is 985. The van der Waals surface area contributed by atoms with Gasteiger partial charge in [-0.1, -0.05) is 30.3 Å². The molecule has 0 aromatic heterocycles. The highest BCUT2D eigenvalue weighted by Crippen LogP contribution is 2.34. The molecule has 0 aliphatic carbocycles. The molecule has 2 aliphatic rings. The van der Waals surface area contributed by atoms with Crippen LogP contribution >= 0.6 is 0 Å². The Labute approximate surface area is 176 Å². The Kier molecular flexibility index (Phi) is 5.74. The molecule has 6 heteroatoms. The molecule has 4 rings (SSSR count). The first kappa shape index (κ1) is 20.0. The van der Waals surface area contributed by atoms with Gasteiger partial charge in [0.25, 0.3) is 0 Å². The van der Waals surface area contributed by atoms with Gasteiger partial charge >= 0.3 is 0 Å². The van der Waals surface area contributed by atoms with Crippen LogP contribution in [0.2, 0.25) is 0 Å². The van der Waals surface area contributed by atoms with Crippen LogP contribution in [0.15, 0.2) is 48.7 Å². The molecule has 0 N–H and O–H groups in total. The Morgan fingerprint density at radius 2 is 1.87 bits per heavy atom. The molecule has 0 radical (unpaired) electrons. The maximum atomic E-state index is 13.2. The number of carbonyl (C=O) groups excluding carboxylic acids is 2. The molecule has 0 saturated carbocycles. The van der Waals surface area contributed by atoms with Crippen molar-refractivity contribution in [2.45, 2.75) is 32.9 Å². The first-order chi connectivity index (χ1) is 14.6. The third-order valence-electron chi connectivity index (χ3n) is 5.55. The van der Waals surface area contributed by atoms with Crippen molar-refractivity contribution in [2.24, 2.45) is 0 Å². The van der Waals surface area contributed by atoms with Crippen LogP contribution in [-0.2, 0) is 16.1 Å². The van der Waals surface area contributed by atoms with E-state index in [0.717, 1.165) is 28.2 Å². The summed E-state index contributed by atoms with van der Waals surface area (Å²) in [6, 6.07) is 13.4. The number of ether oxygens (including phenoxy) is 2. The normalized spacial score (nSPS) is 16.7. The summed E-state index contributed by atoms with van der Waals surface area (Å²) in [5.41, 5.74) is 3.03. The van der Waals surface area contributed by atoms with Gasteiger partial charge in [-0.3, -0.25) is 9.59 Å². The van der Waals surface area contributed by atoms with Gasteiger partial charge in [0.15, 0.2) is 11.5 Å². The number of benzene rings is 2. The molecule has 0 spiro atoms. The van der Waals surface area contributed by atoms with E-state index >= 15 is 0 Å². The molecule has 0 bridgehead atoms. The zero-order valence-corrected chi connectivity index (χ0v) is 17.3. The molecule has 2 aromatic carbocycles. The molecule has 1 unspecified atom stereocenters. The van der Waals surface area contributed by atoms with Crippen LogP contribution < -0.4 is 9.47 Å². The zero-order valence-electron chi connectivity index (χ0n) is 17.3. The average Bonchev–Trinajstić information content (AvgIpc) is 2.77. The molecule has 1 atom stereocenters. The van der Waals surface area contributed by atoms with Crippen LogP contribution in [0, 0.1) is 0 Å². The van der Waals surface area contributed by atoms with Crippen LogP contribution in [0.4, 0.5) is 0 Å². The van der Waals surface area contributed by atoms with E-state index in [1.807, 2.05) is 60.4 Å². The molecular formula is C24H26N2O4. The van der Waals surface area contributed by atoms with Gasteiger partial charge in [-0.15, -0.1) is 0 Å². The Morgan fingerprint density at radius 3 is 2.63 bits per heavy atom. The number of hydrogen-bond acceptors (Lipinski definition) is 4. The molecular weight excluding hydrogens is 380 g/mol. The minimum Gasteiger partial charge on any atom is -0.486 e. The summed E-state index contributed by atoms with van der Waals surface area (Å²) in [6.45, 7) is 5.64. The van der Waals surface area contributed by atoms with Crippen molar-refractivity contribution in [3.05, 3.63) is 65.4 Å². The summed E-state index contributed by atoms with van der Waals surface area (Å²) >= 11 is 0. The number of rotatable bonds is 5. The van der Waals surface area contributed by atoms with Gasteiger partial charge in [0.2, 0.25) is 11.8 Å². The highest BCUT2D eigenvalue weighted by atomic mass is 16.6. The van der Waals surface area contributed by atoms with Crippen LogP contribution in [0.3, 0.4) is 0 Å². The van der Waals surface area contributed by atoms with Gasteiger partial charge < -0.3 is 19.3 Å². The lowest BCUT2D eigenvalue weighted by Crippen LogP contribution is -2.37. The summed E-state index contributed by atoms with van der Waals surface area (Å²) in [4.78, 5) is 28.9. The van der Waals surface area contributed by atoms with E-state index in [-0.39, 0.29) is 24.3 Å². The van der Waals surface area contributed by atoms with Crippen LogP contribution in [-0.4, -0.2) is 41.4 Å². The predicted octanol–water partition coefficient (Wildman–Crippen LogP) is 3.77. The second kappa shape index (κ2) is 8.61. The van der Waals surface area contributed by atoms with E-state index < -0.39 is 0 Å². The topological polar surface area (TPSA) is 59.1 Å². The SMILES string of the molecule is CCN(Cc1ccc2c(c1)OCCO2)C(=O)CC1c2ccccc2C=CN1C(C)=O. The lowest BCUT2D eigenvalue weighted by Gasteiger charge is -2.34. The van der Waals surface area contributed by atoms with E-state index in [1.165, 1.54) is 6.92 Å². The molecule has 2 aliphatic heterocycles. The Morgan fingerprint density at radius 1 is 1.10 bits per heavy atom. The highest BCUT2D eigenvalue weighted by molar-refractivity contribution is 5.82. The van der Waals surface area contributed by atoms with E-state index in [4.69, 9.17) is 9.47 Å². The summed E-state index contributed by atoms with van der Waals surface area (Å²) < 4.78 is 11.2. The van der Waals surface area contributed by atoms with Gasteiger partial charge in [-0.25, -0.2) is 0 Å². The molecule has 0 fully saturated rings. The van der Waals surface area contributed by atoms with Crippen LogP contribution in [0.1, 0.15) is 43.0 Å². The summed E-state index contributed by atoms with van der Waals surface area (Å²) in [5.74, 6) is 1.39. The number of fused-ring (bicyclic) bond motifs is 2. The molecule has 2 amide bonds. The molecule has 2 heterocycles. The lowest BCUT2D eigenvalue weighted by atomic mass is 9.93. The van der Waals surface area contributed by atoms with Crippen molar-refractivity contribution in [3.8, 4) is 11.5 Å². The third-order valence-corrected chi connectivity index (χ3v) is 5.55. The fraction of sp³-hybridized carbons (Fsp3) is 0.333. The maximum Gasteiger partial charge on any atom is 0.225 e. The largest absolute Gasteiger partial charge is 0.486 e. The molecule has 2 aromatic rings. The standard InChI is InChI=1S/C24H26N2O4/c1-3-25(16-18-8-9-22-23(14-18)30-13-12-29-22)24(28)15-21-20-7-5-4-6-19(20)10-11-26(21)17(2)27/h4-11,14,21H,3,12-13,15-16H2,1-2H3. The van der Waals surface area contributed by atoms with E-state index in [9.17, 15) is 9.59 Å². The predicted molar refractivity (Wildman–Crippen MR) is 114 cm³/mol. The van der Waals surface area contributed by atoms with Crippen LogP contribution in [0.25, 0.3) is 6.08 Å². The number of nitrogens with zero attached hydrogens (tertiary/aromatic N) is 2. The highest BCUT2D eigenvalue weighted by Gasteiger charge is 2.29. The zero-order chi connectivity index (χ0) is 21.1. The van der Waals surface area contributed by atoms with Crippen molar-refractivity contribution in [2.75, 3.05) is 19.8 Å². The quantitative estimate of drug-likeness (QED) is 0.758. The first-order valence-corrected chi connectivity index (χ1v) is 10.3. The monoisotopic (exact) mass is 406 g/mol. The van der Waals surface area contributed by atoms with Crippen LogP contribution in [0.5, 0.6) is 11.5 Å². The molecule has 6 nitrogen and oxygen atoms in total. The van der Waals surface area contributed by atoms with Gasteiger partial charge in [-0.05, 0) is 41.8 Å². The molecule has 156 valence electrons. The summed E-state index contributed by atoms with van der Waals surface area (Å²) in [5, 5.41) is 0.